The number of likely N-dealkylation sites (tertiary alicyclic amines) is 2. The Morgan fingerprint density at radius 2 is 1.31 bits per heavy atom. The summed E-state index contributed by atoms with van der Waals surface area (Å²) >= 11 is 0. The monoisotopic (exact) mass is 841 g/mol. The number of pyridine rings is 1. The van der Waals surface area contributed by atoms with E-state index in [4.69, 9.17) is 9.47 Å². The topological polar surface area (TPSA) is 188 Å². The molecule has 0 radical (unpaired) electrons. The molecule has 2 fully saturated rings. The normalized spacial score (nSPS) is 17.3. The van der Waals surface area contributed by atoms with Gasteiger partial charge in [-0.3, -0.25) is 14.6 Å². The molecule has 4 atom stereocenters. The highest BCUT2D eigenvalue weighted by atomic mass is 19.1. The first-order valence-electron chi connectivity index (χ1n) is 20.7. The van der Waals surface area contributed by atoms with Crippen molar-refractivity contribution >= 4 is 34.8 Å². The maximum absolute atomic E-state index is 15.9. The second-order valence-corrected chi connectivity index (χ2v) is 15.9. The number of hydrogen-bond acceptors (Lipinski definition) is 9. The Balaban J connectivity index is 0.961. The van der Waals surface area contributed by atoms with Crippen LogP contribution in [-0.4, -0.2) is 92.1 Å². The number of carbonyl (C=O) groups excluding carboxylic acids is 4. The number of carbonyl (C=O) groups is 4. The molecule has 16 heteroatoms. The highest BCUT2D eigenvalue weighted by molar-refractivity contribution is 5.90. The Bertz CT molecular complexity index is 2610. The Labute approximate surface area is 357 Å². The van der Waals surface area contributed by atoms with Gasteiger partial charge in [0.05, 0.1) is 55.8 Å². The van der Waals surface area contributed by atoms with Gasteiger partial charge < -0.3 is 39.9 Å². The summed E-state index contributed by atoms with van der Waals surface area (Å²) < 4.78 is 25.4. The van der Waals surface area contributed by atoms with Crippen molar-refractivity contribution in [2.75, 3.05) is 27.3 Å². The summed E-state index contributed by atoms with van der Waals surface area (Å²) in [6.45, 7) is 4.77. The van der Waals surface area contributed by atoms with Gasteiger partial charge in [-0.2, -0.15) is 0 Å². The third-order valence-electron chi connectivity index (χ3n) is 11.7. The number of aromatic nitrogens is 5. The van der Waals surface area contributed by atoms with Crippen molar-refractivity contribution in [3.8, 4) is 33.8 Å². The zero-order valence-electron chi connectivity index (χ0n) is 34.9. The lowest BCUT2D eigenvalue weighted by atomic mass is 10.0. The molecular formula is C46H48FN9O6. The van der Waals surface area contributed by atoms with E-state index in [2.05, 4.69) is 35.6 Å². The van der Waals surface area contributed by atoms with Gasteiger partial charge in [0, 0.05) is 41.4 Å². The Kier molecular flexibility index (Phi) is 12.0. The number of nitrogens with zero attached hydrogens (tertiary/aromatic N) is 5. The third-order valence-corrected chi connectivity index (χ3v) is 11.7. The first-order chi connectivity index (χ1) is 30.0. The van der Waals surface area contributed by atoms with Crippen molar-refractivity contribution in [2.45, 2.75) is 63.7 Å². The van der Waals surface area contributed by atoms with E-state index in [0.29, 0.717) is 65.7 Å². The molecule has 8 rings (SSSR count). The van der Waals surface area contributed by atoms with Crippen LogP contribution in [0.3, 0.4) is 0 Å². The highest BCUT2D eigenvalue weighted by Gasteiger charge is 2.39. The van der Waals surface area contributed by atoms with Crippen LogP contribution in [0.15, 0.2) is 91.4 Å². The number of amides is 4. The van der Waals surface area contributed by atoms with E-state index in [0.717, 1.165) is 34.9 Å². The van der Waals surface area contributed by atoms with Crippen LogP contribution in [0.1, 0.15) is 74.9 Å². The maximum atomic E-state index is 15.9. The fourth-order valence-electron chi connectivity index (χ4n) is 8.44. The minimum atomic E-state index is -0.913. The summed E-state index contributed by atoms with van der Waals surface area (Å²) in [5.41, 5.74) is 4.31. The average Bonchev–Trinajstić information content (AvgIpc) is 4.14. The van der Waals surface area contributed by atoms with Crippen molar-refractivity contribution in [1.82, 2.24) is 45.4 Å². The van der Waals surface area contributed by atoms with Crippen molar-refractivity contribution in [3.63, 3.8) is 0 Å². The van der Waals surface area contributed by atoms with Gasteiger partial charge in [-0.05, 0) is 66.8 Å². The zero-order chi connectivity index (χ0) is 43.5. The summed E-state index contributed by atoms with van der Waals surface area (Å²) in [5.74, 6) is 0.184. The highest BCUT2D eigenvalue weighted by Crippen LogP contribution is 2.36. The van der Waals surface area contributed by atoms with E-state index in [1.165, 1.54) is 20.3 Å². The van der Waals surface area contributed by atoms with Gasteiger partial charge >= 0.3 is 12.2 Å². The number of rotatable bonds is 11. The SMILES string of the molecule is COC(=O)N[C@H](C(=O)N1CCC[C@H]1c1ncc(-c2ccc(-c3cc4ccc(-c5cnc([C@@H]6CCCN6C(=O)[C@H](NC(=O)OC)c6ccccc6)[nH]5)cc4cn3)c(F)c2)[nH]1)C(C)C. The van der Waals surface area contributed by atoms with Crippen LogP contribution >= 0.6 is 0 Å². The van der Waals surface area contributed by atoms with Crippen molar-refractivity contribution in [2.24, 2.45) is 5.92 Å². The summed E-state index contributed by atoms with van der Waals surface area (Å²) in [4.78, 5) is 75.8. The minimum absolute atomic E-state index is 0.156. The van der Waals surface area contributed by atoms with Crippen molar-refractivity contribution in [1.29, 1.82) is 0 Å². The molecule has 0 unspecified atom stereocenters. The van der Waals surface area contributed by atoms with Crippen LogP contribution in [0, 0.1) is 11.7 Å². The number of fused-ring (bicyclic) bond motifs is 1. The number of H-pyrrole nitrogens is 2. The Hall–Kier alpha value is -7.10. The lowest BCUT2D eigenvalue weighted by molar-refractivity contribution is -0.135. The molecule has 4 amide bonds. The van der Waals surface area contributed by atoms with Gasteiger partial charge in [0.1, 0.15) is 29.5 Å². The molecule has 6 aromatic rings. The summed E-state index contributed by atoms with van der Waals surface area (Å²) in [7, 11) is 2.53. The zero-order valence-corrected chi connectivity index (χ0v) is 34.9. The minimum Gasteiger partial charge on any atom is -0.453 e. The molecular weight excluding hydrogens is 794 g/mol. The molecule has 0 aliphatic carbocycles. The maximum Gasteiger partial charge on any atom is 0.407 e. The molecule has 2 saturated heterocycles. The summed E-state index contributed by atoms with van der Waals surface area (Å²) in [5, 5.41) is 7.07. The van der Waals surface area contributed by atoms with Crippen LogP contribution in [0.2, 0.25) is 0 Å². The molecule has 0 spiro atoms. The number of methoxy groups -OCH3 is 2. The standard InChI is InChI=1S/C46H48FN9O6/c1-26(2)39(53-45(59)61-3)43(57)55-18-8-12-37(55)41-50-25-36(52-41)30-16-17-32(33(47)21-30)34-22-28-14-15-29(20-31(28)23-48-34)35-24-49-42(51-35)38-13-9-19-56(38)44(58)40(54-46(60)62-4)27-10-6-5-7-11-27/h5-7,10-11,14-17,20-26,37-40H,8-9,12-13,18-19H2,1-4H3,(H,49,51)(H,50,52)(H,53,59)(H,54,60)/t37-,38-,39-,40+/m0/s1. The molecule has 320 valence electrons. The number of alkyl carbamates (subject to hydrolysis) is 2. The number of benzene rings is 3. The van der Waals surface area contributed by atoms with Gasteiger partial charge in [-0.1, -0.05) is 62.4 Å². The number of ether oxygens (including phenoxy) is 2. The van der Waals surface area contributed by atoms with Crippen molar-refractivity contribution in [3.05, 3.63) is 114 Å². The summed E-state index contributed by atoms with van der Waals surface area (Å²) in [6.07, 6.45) is 6.72. The molecule has 2 aliphatic rings. The lowest BCUT2D eigenvalue weighted by Gasteiger charge is -2.30. The predicted molar refractivity (Wildman–Crippen MR) is 229 cm³/mol. The van der Waals surface area contributed by atoms with Gasteiger partial charge in [0.2, 0.25) is 5.91 Å². The fourth-order valence-corrected chi connectivity index (χ4v) is 8.44. The molecule has 3 aromatic heterocycles. The van der Waals surface area contributed by atoms with Crippen LogP contribution in [0.4, 0.5) is 14.0 Å². The second-order valence-electron chi connectivity index (χ2n) is 15.9. The first kappa shape index (κ1) is 41.6. The molecule has 0 bridgehead atoms. The molecule has 4 N–H and O–H groups in total. The van der Waals surface area contributed by atoms with Gasteiger partial charge in [-0.25, -0.2) is 23.9 Å². The molecule has 0 saturated carbocycles. The number of imidazole rings is 2. The number of hydrogen-bond donors (Lipinski definition) is 4. The van der Waals surface area contributed by atoms with Gasteiger partial charge in [0.25, 0.3) is 5.91 Å². The average molecular weight is 842 g/mol. The number of aromatic amines is 2. The third kappa shape index (κ3) is 8.44. The molecule has 62 heavy (non-hydrogen) atoms. The second kappa shape index (κ2) is 17.9. The first-order valence-corrected chi connectivity index (χ1v) is 20.7. The predicted octanol–water partition coefficient (Wildman–Crippen LogP) is 7.63. The van der Waals surface area contributed by atoms with Crippen molar-refractivity contribution < 1.29 is 33.0 Å². The molecule has 3 aromatic carbocycles. The largest absolute Gasteiger partial charge is 0.453 e. The van der Waals surface area contributed by atoms with Gasteiger partial charge in [-0.15, -0.1) is 0 Å². The lowest BCUT2D eigenvalue weighted by Crippen LogP contribution is -2.51. The Morgan fingerprint density at radius 1 is 0.710 bits per heavy atom. The smallest absolute Gasteiger partial charge is 0.407 e. The van der Waals surface area contributed by atoms with Gasteiger partial charge in [0.15, 0.2) is 0 Å². The fraction of sp³-hybridized carbons (Fsp3) is 0.326. The molecule has 15 nitrogen and oxygen atoms in total. The number of halogens is 1. The van der Waals surface area contributed by atoms with E-state index >= 15 is 4.39 Å². The van der Waals surface area contributed by atoms with Crippen LogP contribution < -0.4 is 10.6 Å². The van der Waals surface area contributed by atoms with E-state index in [1.807, 2.05) is 62.4 Å². The van der Waals surface area contributed by atoms with Crippen LogP contribution in [-0.2, 0) is 19.1 Å². The molecule has 5 heterocycles. The molecule has 2 aliphatic heterocycles. The van der Waals surface area contributed by atoms with E-state index in [-0.39, 0.29) is 29.8 Å². The van der Waals surface area contributed by atoms with Crippen LogP contribution in [0.25, 0.3) is 44.5 Å². The Morgan fingerprint density at radius 3 is 1.92 bits per heavy atom. The number of nitrogens with one attached hydrogen (secondary N) is 4. The van der Waals surface area contributed by atoms with E-state index < -0.39 is 30.1 Å². The quantitative estimate of drug-likeness (QED) is 0.102. The van der Waals surface area contributed by atoms with Crippen LogP contribution in [0.5, 0.6) is 0 Å². The van der Waals surface area contributed by atoms with E-state index in [1.54, 1.807) is 46.6 Å². The van der Waals surface area contributed by atoms with E-state index in [9.17, 15) is 19.2 Å². The summed E-state index contributed by atoms with van der Waals surface area (Å²) in [6, 6.07) is 19.5.